The van der Waals surface area contributed by atoms with Crippen LogP contribution in [0.25, 0.3) is 0 Å². The van der Waals surface area contributed by atoms with Crippen LogP contribution in [0.4, 0.5) is 5.69 Å². The van der Waals surface area contributed by atoms with Crippen LogP contribution in [0.2, 0.25) is 0 Å². The number of anilines is 1. The largest absolute Gasteiger partial charge is 0.495 e. The van der Waals surface area contributed by atoms with Crippen molar-refractivity contribution in [1.29, 1.82) is 0 Å². The van der Waals surface area contributed by atoms with Crippen molar-refractivity contribution in [2.24, 2.45) is 0 Å². The zero-order valence-corrected chi connectivity index (χ0v) is 17.3. The van der Waals surface area contributed by atoms with E-state index in [4.69, 9.17) is 4.74 Å². The van der Waals surface area contributed by atoms with Crippen molar-refractivity contribution in [2.75, 3.05) is 19.0 Å². The van der Waals surface area contributed by atoms with Gasteiger partial charge in [-0.2, -0.15) is 5.10 Å². The molecule has 1 aromatic heterocycles. The number of carbonyl (C=O) groups excluding carboxylic acids is 1. The molecule has 0 bridgehead atoms. The van der Waals surface area contributed by atoms with Gasteiger partial charge in [0, 0.05) is 19.2 Å². The van der Waals surface area contributed by atoms with Crippen molar-refractivity contribution in [3.05, 3.63) is 35.2 Å². The first-order valence-corrected chi connectivity index (χ1v) is 10.0. The number of nitrogens with one attached hydrogen (secondary N) is 2. The molecule has 1 heterocycles. The molecule has 1 amide bonds. The average molecular weight is 394 g/mol. The number of rotatable bonds is 7. The number of hydrogen-bond donors (Lipinski definition) is 2. The van der Waals surface area contributed by atoms with Crippen LogP contribution in [0.1, 0.15) is 36.8 Å². The van der Waals surface area contributed by atoms with Crippen LogP contribution in [0, 0.1) is 20.8 Å². The fourth-order valence-electron chi connectivity index (χ4n) is 2.72. The SMILES string of the molecule is COc1ccc(S(=O)(=O)NC[C@@H](C)n2nc(C)c(C)c2C)cc1NC(C)=O. The summed E-state index contributed by atoms with van der Waals surface area (Å²) in [6, 6.07) is 4.17. The van der Waals surface area contributed by atoms with Crippen molar-refractivity contribution >= 4 is 21.6 Å². The maximum Gasteiger partial charge on any atom is 0.240 e. The topological polar surface area (TPSA) is 102 Å². The van der Waals surface area contributed by atoms with E-state index in [-0.39, 0.29) is 23.4 Å². The molecule has 0 aliphatic carbocycles. The summed E-state index contributed by atoms with van der Waals surface area (Å²) in [5, 5.41) is 7.04. The standard InChI is InChI=1S/C18H26N4O4S/c1-11(22-14(4)12(2)13(3)21-22)10-19-27(24,25)16-7-8-18(26-6)17(9-16)20-15(5)23/h7-9,11,19H,10H2,1-6H3,(H,20,23)/t11-/m1/s1. The number of aryl methyl sites for hydroxylation is 1. The van der Waals surface area contributed by atoms with Gasteiger partial charge in [-0.05, 0) is 51.5 Å². The zero-order valence-electron chi connectivity index (χ0n) is 16.5. The summed E-state index contributed by atoms with van der Waals surface area (Å²) < 4.78 is 34.9. The number of ether oxygens (including phenoxy) is 1. The average Bonchev–Trinajstić information content (AvgIpc) is 2.86. The fourth-order valence-corrected chi connectivity index (χ4v) is 3.86. The summed E-state index contributed by atoms with van der Waals surface area (Å²) in [7, 11) is -2.31. The van der Waals surface area contributed by atoms with E-state index in [1.807, 2.05) is 32.4 Å². The van der Waals surface area contributed by atoms with Crippen molar-refractivity contribution in [2.45, 2.75) is 45.6 Å². The van der Waals surface area contributed by atoms with Crippen LogP contribution >= 0.6 is 0 Å². The Bertz CT molecular complexity index is 951. The van der Waals surface area contributed by atoms with Crippen LogP contribution in [-0.4, -0.2) is 37.8 Å². The third kappa shape index (κ3) is 4.67. The van der Waals surface area contributed by atoms with Gasteiger partial charge in [0.15, 0.2) is 0 Å². The molecule has 0 fully saturated rings. The zero-order chi connectivity index (χ0) is 20.4. The number of hydrogen-bond acceptors (Lipinski definition) is 5. The highest BCUT2D eigenvalue weighted by molar-refractivity contribution is 7.89. The number of sulfonamides is 1. The molecule has 148 valence electrons. The molecule has 2 N–H and O–H groups in total. The van der Waals surface area contributed by atoms with Crippen LogP contribution < -0.4 is 14.8 Å². The minimum atomic E-state index is -3.76. The van der Waals surface area contributed by atoms with Crippen LogP contribution in [0.5, 0.6) is 5.75 Å². The van der Waals surface area contributed by atoms with Crippen molar-refractivity contribution in [1.82, 2.24) is 14.5 Å². The Labute approximate surface area is 160 Å². The highest BCUT2D eigenvalue weighted by Gasteiger charge is 2.20. The molecule has 0 aliphatic rings. The quantitative estimate of drug-likeness (QED) is 0.750. The van der Waals surface area contributed by atoms with Crippen LogP contribution in [0.3, 0.4) is 0 Å². The minimum absolute atomic E-state index is 0.0452. The van der Waals surface area contributed by atoms with Gasteiger partial charge >= 0.3 is 0 Å². The first kappa shape index (κ1) is 20.9. The molecule has 0 spiro atoms. The van der Waals surface area contributed by atoms with Crippen molar-refractivity contribution < 1.29 is 17.9 Å². The Morgan fingerprint density at radius 2 is 1.96 bits per heavy atom. The van der Waals surface area contributed by atoms with Gasteiger partial charge in [-0.1, -0.05) is 0 Å². The smallest absolute Gasteiger partial charge is 0.240 e. The molecule has 1 aromatic carbocycles. The number of carbonyl (C=O) groups is 1. The highest BCUT2D eigenvalue weighted by atomic mass is 32.2. The molecule has 0 unspecified atom stereocenters. The predicted octanol–water partition coefficient (Wildman–Crippen LogP) is 2.31. The number of amides is 1. The van der Waals surface area contributed by atoms with E-state index in [1.165, 1.54) is 32.2 Å². The fraction of sp³-hybridized carbons (Fsp3) is 0.444. The summed E-state index contributed by atoms with van der Waals surface area (Å²) in [5.74, 6) is 0.0694. The van der Waals surface area contributed by atoms with E-state index in [2.05, 4.69) is 15.1 Å². The first-order valence-electron chi connectivity index (χ1n) is 8.54. The predicted molar refractivity (Wildman–Crippen MR) is 104 cm³/mol. The molecular formula is C18H26N4O4S. The van der Waals surface area contributed by atoms with Crippen molar-refractivity contribution in [3.63, 3.8) is 0 Å². The summed E-state index contributed by atoms with van der Waals surface area (Å²) in [6.45, 7) is 9.31. The van der Waals surface area contributed by atoms with E-state index in [1.54, 1.807) is 0 Å². The van der Waals surface area contributed by atoms with Gasteiger partial charge in [0.1, 0.15) is 5.75 Å². The molecule has 9 heteroatoms. The Kier molecular flexibility index (Phi) is 6.27. The molecule has 1 atom stereocenters. The molecule has 0 radical (unpaired) electrons. The normalized spacial score (nSPS) is 12.7. The molecule has 27 heavy (non-hydrogen) atoms. The third-order valence-corrected chi connectivity index (χ3v) is 5.89. The van der Waals surface area contributed by atoms with Gasteiger partial charge in [-0.3, -0.25) is 9.48 Å². The highest BCUT2D eigenvalue weighted by Crippen LogP contribution is 2.27. The second-order valence-corrected chi connectivity index (χ2v) is 8.25. The number of aromatic nitrogens is 2. The molecule has 0 saturated heterocycles. The van der Waals surface area contributed by atoms with E-state index >= 15 is 0 Å². The lowest BCUT2D eigenvalue weighted by Gasteiger charge is -2.16. The summed E-state index contributed by atoms with van der Waals surface area (Å²) in [5.41, 5.74) is 3.34. The number of benzene rings is 1. The van der Waals surface area contributed by atoms with Gasteiger partial charge in [0.25, 0.3) is 0 Å². The van der Waals surface area contributed by atoms with Gasteiger partial charge in [-0.25, -0.2) is 13.1 Å². The summed E-state index contributed by atoms with van der Waals surface area (Å²) in [4.78, 5) is 11.4. The van der Waals surface area contributed by atoms with Gasteiger partial charge in [0.05, 0.1) is 29.4 Å². The number of nitrogens with zero attached hydrogens (tertiary/aromatic N) is 2. The van der Waals surface area contributed by atoms with Gasteiger partial charge < -0.3 is 10.1 Å². The van der Waals surface area contributed by atoms with Gasteiger partial charge in [0.2, 0.25) is 15.9 Å². The summed E-state index contributed by atoms with van der Waals surface area (Å²) in [6.07, 6.45) is 0. The first-order chi connectivity index (χ1) is 12.6. The maximum absolute atomic E-state index is 12.7. The molecular weight excluding hydrogens is 368 g/mol. The lowest BCUT2D eigenvalue weighted by atomic mass is 10.2. The molecule has 0 saturated carbocycles. The summed E-state index contributed by atoms with van der Waals surface area (Å²) >= 11 is 0. The maximum atomic E-state index is 12.7. The molecule has 8 nitrogen and oxygen atoms in total. The van der Waals surface area contributed by atoms with Crippen molar-refractivity contribution in [3.8, 4) is 5.75 Å². The van der Waals surface area contributed by atoms with Crippen LogP contribution in [0.15, 0.2) is 23.1 Å². The van der Waals surface area contributed by atoms with Crippen LogP contribution in [-0.2, 0) is 14.8 Å². The molecule has 0 aliphatic heterocycles. The molecule has 2 rings (SSSR count). The monoisotopic (exact) mass is 394 g/mol. The minimum Gasteiger partial charge on any atom is -0.495 e. The second kappa shape index (κ2) is 8.10. The Morgan fingerprint density at radius 1 is 1.30 bits per heavy atom. The Hall–Kier alpha value is -2.39. The Balaban J connectivity index is 2.21. The van der Waals surface area contributed by atoms with E-state index in [0.717, 1.165) is 17.0 Å². The van der Waals surface area contributed by atoms with E-state index in [9.17, 15) is 13.2 Å². The third-order valence-electron chi connectivity index (χ3n) is 4.47. The lowest BCUT2D eigenvalue weighted by molar-refractivity contribution is -0.114. The Morgan fingerprint density at radius 3 is 2.48 bits per heavy atom. The second-order valence-electron chi connectivity index (χ2n) is 6.48. The van der Waals surface area contributed by atoms with E-state index < -0.39 is 10.0 Å². The van der Waals surface area contributed by atoms with Gasteiger partial charge in [-0.15, -0.1) is 0 Å². The lowest BCUT2D eigenvalue weighted by Crippen LogP contribution is -2.30. The number of methoxy groups -OCH3 is 1. The molecule has 2 aromatic rings. The van der Waals surface area contributed by atoms with E-state index in [0.29, 0.717) is 11.4 Å².